The Morgan fingerprint density at radius 2 is 1.86 bits per heavy atom. The van der Waals surface area contributed by atoms with Gasteiger partial charge in [-0.05, 0) is 38.7 Å². The van der Waals surface area contributed by atoms with Gasteiger partial charge < -0.3 is 15.0 Å². The third kappa shape index (κ3) is 5.01. The third-order valence-electron chi connectivity index (χ3n) is 6.48. The Morgan fingerprint density at radius 1 is 1.17 bits per heavy atom. The first-order chi connectivity index (χ1) is 16.7. The van der Waals surface area contributed by atoms with Crippen LogP contribution < -0.4 is 10.1 Å². The summed E-state index contributed by atoms with van der Waals surface area (Å²) in [6.45, 7) is 6.26. The number of ether oxygens (including phenoxy) is 1. The molecule has 1 aliphatic rings. The molecule has 1 fully saturated rings. The molecule has 1 N–H and O–H groups in total. The quantitative estimate of drug-likeness (QED) is 0.507. The molecule has 1 aromatic carbocycles. The maximum absolute atomic E-state index is 14.8. The minimum Gasteiger partial charge on any atom is -0.481 e. The minimum absolute atomic E-state index is 0.0551. The zero-order chi connectivity index (χ0) is 25.3. The molecule has 3 heterocycles. The number of hydrogen-bond donors (Lipinski definition) is 1. The van der Waals surface area contributed by atoms with Gasteiger partial charge in [-0.15, -0.1) is 0 Å². The second-order valence-electron chi connectivity index (χ2n) is 8.77. The highest BCUT2D eigenvalue weighted by Crippen LogP contribution is 2.37. The van der Waals surface area contributed by atoms with E-state index < -0.39 is 23.8 Å². The van der Waals surface area contributed by atoms with Crippen LogP contribution in [0, 0.1) is 12.7 Å². The molecule has 0 aliphatic carbocycles. The van der Waals surface area contributed by atoms with Crippen LogP contribution in [0.15, 0.2) is 24.3 Å². The maximum Gasteiger partial charge on any atom is 0.266 e. The Kier molecular flexibility index (Phi) is 7.09. The van der Waals surface area contributed by atoms with Gasteiger partial charge in [-0.1, -0.05) is 18.2 Å². The van der Waals surface area contributed by atoms with Gasteiger partial charge in [-0.25, -0.2) is 23.1 Å². The molecule has 4 rings (SSSR count). The Hall–Kier alpha value is -3.43. The number of aryl methyl sites for hydroxylation is 1. The zero-order valence-electron chi connectivity index (χ0n) is 20.1. The molecule has 0 unspecified atom stereocenters. The average Bonchev–Trinajstić information content (AvgIpc) is 2.83. The largest absolute Gasteiger partial charge is 0.481 e. The van der Waals surface area contributed by atoms with Crippen molar-refractivity contribution in [2.24, 2.45) is 0 Å². The maximum atomic E-state index is 14.8. The number of hydrogen-bond acceptors (Lipinski definition) is 6. The molecule has 1 amide bonds. The first kappa shape index (κ1) is 24.7. The Bertz CT molecular complexity index is 1250. The lowest BCUT2D eigenvalue weighted by atomic mass is 9.89. The van der Waals surface area contributed by atoms with Crippen molar-refractivity contribution in [3.05, 3.63) is 52.6 Å². The van der Waals surface area contributed by atoms with Crippen molar-refractivity contribution >= 4 is 22.8 Å². The molecule has 0 bridgehead atoms. The molecule has 1 aliphatic heterocycles. The fourth-order valence-corrected chi connectivity index (χ4v) is 4.59. The number of piperidine rings is 1. The highest BCUT2D eigenvalue weighted by atomic mass is 19.3. The number of likely N-dealkylation sites (tertiary alicyclic amines) is 1. The van der Waals surface area contributed by atoms with Crippen molar-refractivity contribution in [3.8, 4) is 5.88 Å². The van der Waals surface area contributed by atoms with Gasteiger partial charge in [0, 0.05) is 31.1 Å². The number of benzene rings is 1. The van der Waals surface area contributed by atoms with E-state index in [1.807, 2.05) is 11.0 Å². The summed E-state index contributed by atoms with van der Waals surface area (Å²) in [5, 5.41) is 3.79. The summed E-state index contributed by atoms with van der Waals surface area (Å²) in [6, 6.07) is 5.26. The minimum atomic E-state index is -2.90. The van der Waals surface area contributed by atoms with Crippen molar-refractivity contribution in [1.82, 2.24) is 19.9 Å². The highest BCUT2D eigenvalue weighted by molar-refractivity contribution is 5.88. The molecule has 1 saturated heterocycles. The number of pyridine rings is 1. The summed E-state index contributed by atoms with van der Waals surface area (Å²) in [4.78, 5) is 27.1. The van der Waals surface area contributed by atoms with Gasteiger partial charge in [-0.3, -0.25) is 4.79 Å². The standard InChI is InChI=1S/C25H28F3N5O2/c1-13(17-6-5-7-18(21(17)26)22(27)28)29-23-20-12-19(16-8-10-33(11-9-16)15(3)34)25(35-4)32-24(20)31-14(2)30-23/h5-7,12-13,16,22H,8-11H2,1-4H3,(H,29,30,31,32)/t13-/m1/s1. The normalized spacial score (nSPS) is 15.5. The van der Waals surface area contributed by atoms with E-state index in [1.165, 1.54) is 12.1 Å². The van der Waals surface area contributed by atoms with Gasteiger partial charge in [0.15, 0.2) is 5.65 Å². The lowest BCUT2D eigenvalue weighted by Crippen LogP contribution is -2.36. The molecule has 186 valence electrons. The molecule has 35 heavy (non-hydrogen) atoms. The molecule has 3 aromatic rings. The first-order valence-corrected chi connectivity index (χ1v) is 11.5. The van der Waals surface area contributed by atoms with Crippen LogP contribution in [0.1, 0.15) is 67.6 Å². The number of amides is 1. The molecule has 2 aromatic heterocycles. The van der Waals surface area contributed by atoms with Crippen molar-refractivity contribution in [1.29, 1.82) is 0 Å². The van der Waals surface area contributed by atoms with E-state index in [1.54, 1.807) is 27.9 Å². The monoisotopic (exact) mass is 487 g/mol. The number of anilines is 1. The fourth-order valence-electron chi connectivity index (χ4n) is 4.59. The van der Waals surface area contributed by atoms with Crippen molar-refractivity contribution in [2.45, 2.75) is 52.0 Å². The molecule has 7 nitrogen and oxygen atoms in total. The SMILES string of the molecule is COc1nc2nc(C)nc(N[C@H](C)c3cccc(C(F)F)c3F)c2cc1C1CCN(C(C)=O)CC1. The number of carbonyl (C=O) groups excluding carboxylic acids is 1. The van der Waals surface area contributed by atoms with E-state index in [2.05, 4.69) is 20.3 Å². The van der Waals surface area contributed by atoms with Crippen LogP contribution in [0.2, 0.25) is 0 Å². The number of halogens is 3. The fraction of sp³-hybridized carbons (Fsp3) is 0.440. The number of nitrogens with one attached hydrogen (secondary N) is 1. The summed E-state index contributed by atoms with van der Waals surface area (Å²) >= 11 is 0. The second-order valence-corrected chi connectivity index (χ2v) is 8.77. The molecule has 0 saturated carbocycles. The van der Waals surface area contributed by atoms with Crippen molar-refractivity contribution < 1.29 is 22.7 Å². The lowest BCUT2D eigenvalue weighted by Gasteiger charge is -2.32. The molecule has 10 heteroatoms. The predicted octanol–water partition coefficient (Wildman–Crippen LogP) is 5.32. The molecule has 0 radical (unpaired) electrons. The topological polar surface area (TPSA) is 80.2 Å². The van der Waals surface area contributed by atoms with E-state index in [0.717, 1.165) is 24.5 Å². The van der Waals surface area contributed by atoms with Gasteiger partial charge in [0.05, 0.1) is 24.1 Å². The number of aromatic nitrogens is 3. The number of carbonyl (C=O) groups is 1. The predicted molar refractivity (Wildman–Crippen MR) is 126 cm³/mol. The number of methoxy groups -OCH3 is 1. The average molecular weight is 488 g/mol. The van der Waals surface area contributed by atoms with Crippen LogP contribution in [0.3, 0.4) is 0 Å². The van der Waals surface area contributed by atoms with Crippen LogP contribution in [-0.2, 0) is 4.79 Å². The number of nitrogens with zero attached hydrogens (tertiary/aromatic N) is 4. The lowest BCUT2D eigenvalue weighted by molar-refractivity contribution is -0.129. The van der Waals surface area contributed by atoms with Crippen LogP contribution in [0.4, 0.5) is 19.0 Å². The van der Waals surface area contributed by atoms with Crippen LogP contribution in [-0.4, -0.2) is 46.0 Å². The van der Waals surface area contributed by atoms with E-state index in [0.29, 0.717) is 41.6 Å². The Labute approximate surface area is 201 Å². The smallest absolute Gasteiger partial charge is 0.266 e. The highest BCUT2D eigenvalue weighted by Gasteiger charge is 2.27. The molecular formula is C25H28F3N5O2. The second kappa shape index (κ2) is 10.1. The van der Waals surface area contributed by atoms with Gasteiger partial charge >= 0.3 is 0 Å². The van der Waals surface area contributed by atoms with Crippen LogP contribution in [0.25, 0.3) is 11.0 Å². The van der Waals surface area contributed by atoms with Gasteiger partial charge in [0.25, 0.3) is 6.43 Å². The summed E-state index contributed by atoms with van der Waals surface area (Å²) in [5.41, 5.74) is 0.781. The molecule has 0 spiro atoms. The van der Waals surface area contributed by atoms with Gasteiger partial charge in [0.2, 0.25) is 11.8 Å². The van der Waals surface area contributed by atoms with Crippen LogP contribution >= 0.6 is 0 Å². The number of rotatable bonds is 6. The summed E-state index contributed by atoms with van der Waals surface area (Å²) < 4.78 is 46.7. The number of alkyl halides is 2. The summed E-state index contributed by atoms with van der Waals surface area (Å²) in [5.74, 6) is 0.594. The van der Waals surface area contributed by atoms with E-state index in [9.17, 15) is 18.0 Å². The molecule has 1 atom stereocenters. The molecular weight excluding hydrogens is 459 g/mol. The first-order valence-electron chi connectivity index (χ1n) is 11.5. The summed E-state index contributed by atoms with van der Waals surface area (Å²) in [6.07, 6.45) is -1.38. The van der Waals surface area contributed by atoms with E-state index in [-0.39, 0.29) is 17.4 Å². The summed E-state index contributed by atoms with van der Waals surface area (Å²) in [7, 11) is 1.55. The third-order valence-corrected chi connectivity index (χ3v) is 6.48. The van der Waals surface area contributed by atoms with Crippen LogP contribution in [0.5, 0.6) is 5.88 Å². The van der Waals surface area contributed by atoms with Crippen molar-refractivity contribution in [3.63, 3.8) is 0 Å². The van der Waals surface area contributed by atoms with Crippen molar-refractivity contribution in [2.75, 3.05) is 25.5 Å². The number of fused-ring (bicyclic) bond motifs is 1. The zero-order valence-corrected chi connectivity index (χ0v) is 20.1. The van der Waals surface area contributed by atoms with E-state index >= 15 is 0 Å². The van der Waals surface area contributed by atoms with Gasteiger partial charge in [0.1, 0.15) is 17.5 Å². The Morgan fingerprint density at radius 3 is 2.49 bits per heavy atom. The Balaban J connectivity index is 1.71. The van der Waals surface area contributed by atoms with E-state index in [4.69, 9.17) is 4.74 Å². The van der Waals surface area contributed by atoms with Gasteiger partial charge in [-0.2, -0.15) is 4.98 Å².